The van der Waals surface area contributed by atoms with Crippen LogP contribution in [0.3, 0.4) is 0 Å². The van der Waals surface area contributed by atoms with E-state index in [1.807, 2.05) is 35.5 Å². The van der Waals surface area contributed by atoms with Gasteiger partial charge < -0.3 is 4.57 Å². The summed E-state index contributed by atoms with van der Waals surface area (Å²) in [7, 11) is 0. The quantitative estimate of drug-likeness (QED) is 0.270. The molecule has 0 unspecified atom stereocenters. The van der Waals surface area contributed by atoms with Crippen LogP contribution in [-0.4, -0.2) is 30.7 Å². The summed E-state index contributed by atoms with van der Waals surface area (Å²) >= 11 is 6.91. The Kier molecular flexibility index (Phi) is 5.79. The van der Waals surface area contributed by atoms with Crippen molar-refractivity contribution in [3.63, 3.8) is 0 Å². The molecule has 1 aromatic carbocycles. The first-order chi connectivity index (χ1) is 14.4. The van der Waals surface area contributed by atoms with Crippen molar-refractivity contribution in [2.75, 3.05) is 0 Å². The number of nitro benzene ring substituents is 1. The number of non-ortho nitro benzene ring substituents is 1. The second-order valence-electron chi connectivity index (χ2n) is 7.78. The molecule has 2 aliphatic rings. The molecule has 0 bridgehead atoms. The first kappa shape index (κ1) is 20.8. The van der Waals surface area contributed by atoms with Crippen molar-refractivity contribution >= 4 is 46.0 Å². The minimum Gasteiger partial charge on any atom is -0.318 e. The third-order valence-corrected chi connectivity index (χ3v) is 7.17. The zero-order valence-electron chi connectivity index (χ0n) is 17.0. The lowest BCUT2D eigenvalue weighted by molar-refractivity contribution is -0.384. The zero-order chi connectivity index (χ0) is 21.4. The monoisotopic (exact) mass is 441 g/mol. The van der Waals surface area contributed by atoms with E-state index >= 15 is 0 Å². The van der Waals surface area contributed by atoms with Gasteiger partial charge >= 0.3 is 0 Å². The second-order valence-corrected chi connectivity index (χ2v) is 9.45. The number of thiocarbonyl (C=S) groups is 1. The smallest absolute Gasteiger partial charge is 0.269 e. The highest BCUT2D eigenvalue weighted by atomic mass is 32.2. The van der Waals surface area contributed by atoms with Crippen LogP contribution in [-0.2, 0) is 4.79 Å². The molecule has 1 amide bonds. The maximum absolute atomic E-state index is 13.1. The molecule has 1 aliphatic heterocycles. The standard InChI is InChI=1S/C22H23N3O3S2/c1-14-12-16(15(2)23(14)18-8-10-19(11-9-18)25(27)28)13-20-21(26)24(22(29)30-20)17-6-4-3-5-7-17/h8-13,17H,3-7H2,1-2H3/b20-13+. The van der Waals surface area contributed by atoms with Crippen molar-refractivity contribution in [1.82, 2.24) is 9.47 Å². The van der Waals surface area contributed by atoms with Gasteiger partial charge in [0.25, 0.3) is 11.6 Å². The van der Waals surface area contributed by atoms with Gasteiger partial charge in [-0.25, -0.2) is 0 Å². The first-order valence-corrected chi connectivity index (χ1v) is 11.3. The number of carbonyl (C=O) groups excluding carboxylic acids is 1. The van der Waals surface area contributed by atoms with E-state index < -0.39 is 4.92 Å². The molecule has 2 heterocycles. The van der Waals surface area contributed by atoms with Crippen LogP contribution in [0.4, 0.5) is 5.69 Å². The number of rotatable bonds is 4. The van der Waals surface area contributed by atoms with Crippen molar-refractivity contribution in [3.05, 3.63) is 62.3 Å². The summed E-state index contributed by atoms with van der Waals surface area (Å²) in [5.74, 6) is 0.0111. The molecule has 4 rings (SSSR count). The molecule has 1 saturated carbocycles. The molecule has 30 heavy (non-hydrogen) atoms. The Morgan fingerprint density at radius 1 is 1.17 bits per heavy atom. The van der Waals surface area contributed by atoms with Gasteiger partial charge in [0.05, 0.1) is 9.83 Å². The largest absolute Gasteiger partial charge is 0.318 e. The Balaban J connectivity index is 1.63. The van der Waals surface area contributed by atoms with Gasteiger partial charge in [-0.3, -0.25) is 19.8 Å². The maximum Gasteiger partial charge on any atom is 0.269 e. The normalized spacial score (nSPS) is 19.1. The van der Waals surface area contributed by atoms with Crippen LogP contribution in [0.5, 0.6) is 0 Å². The van der Waals surface area contributed by atoms with Gasteiger partial charge in [0.1, 0.15) is 4.32 Å². The van der Waals surface area contributed by atoms with Crippen molar-refractivity contribution in [1.29, 1.82) is 0 Å². The third-order valence-electron chi connectivity index (χ3n) is 5.84. The number of nitrogens with zero attached hydrogens (tertiary/aromatic N) is 3. The number of carbonyl (C=O) groups is 1. The summed E-state index contributed by atoms with van der Waals surface area (Å²) in [6, 6.07) is 8.75. The molecule has 0 N–H and O–H groups in total. The van der Waals surface area contributed by atoms with Gasteiger partial charge in [-0.1, -0.05) is 43.2 Å². The summed E-state index contributed by atoms with van der Waals surface area (Å²) in [6.45, 7) is 3.97. The topological polar surface area (TPSA) is 68.4 Å². The average Bonchev–Trinajstić information content (AvgIpc) is 3.17. The lowest BCUT2D eigenvalue weighted by Gasteiger charge is -2.29. The molecule has 1 saturated heterocycles. The van der Waals surface area contributed by atoms with E-state index in [1.54, 1.807) is 12.1 Å². The van der Waals surface area contributed by atoms with Crippen LogP contribution in [0.25, 0.3) is 11.8 Å². The number of benzene rings is 1. The van der Waals surface area contributed by atoms with Gasteiger partial charge in [-0.2, -0.15) is 0 Å². The minimum absolute atomic E-state index is 0.0111. The van der Waals surface area contributed by atoms with E-state index in [0.717, 1.165) is 48.3 Å². The highest BCUT2D eigenvalue weighted by Crippen LogP contribution is 2.38. The van der Waals surface area contributed by atoms with Crippen molar-refractivity contribution in [2.45, 2.75) is 52.0 Å². The first-order valence-electron chi connectivity index (χ1n) is 10.1. The Hall–Kier alpha value is -2.45. The van der Waals surface area contributed by atoms with E-state index in [1.165, 1.54) is 30.3 Å². The van der Waals surface area contributed by atoms with Gasteiger partial charge in [0.2, 0.25) is 0 Å². The van der Waals surface area contributed by atoms with E-state index in [2.05, 4.69) is 0 Å². The fourth-order valence-electron chi connectivity index (χ4n) is 4.33. The molecular weight excluding hydrogens is 418 g/mol. The molecule has 8 heteroatoms. The number of hydrogen-bond donors (Lipinski definition) is 0. The van der Waals surface area contributed by atoms with Gasteiger partial charge in [0, 0.05) is 35.2 Å². The average molecular weight is 442 g/mol. The highest BCUT2D eigenvalue weighted by Gasteiger charge is 2.37. The number of aryl methyl sites for hydroxylation is 1. The van der Waals surface area contributed by atoms with Gasteiger partial charge in [0.15, 0.2) is 0 Å². The number of nitro groups is 1. The lowest BCUT2D eigenvalue weighted by Crippen LogP contribution is -2.39. The molecule has 6 nitrogen and oxygen atoms in total. The van der Waals surface area contributed by atoms with Crippen LogP contribution in [0.1, 0.15) is 49.1 Å². The zero-order valence-corrected chi connectivity index (χ0v) is 18.6. The number of amides is 1. The van der Waals surface area contributed by atoms with E-state index in [4.69, 9.17) is 12.2 Å². The maximum atomic E-state index is 13.1. The minimum atomic E-state index is -0.404. The molecule has 0 spiro atoms. The van der Waals surface area contributed by atoms with Crippen LogP contribution >= 0.6 is 24.0 Å². The van der Waals surface area contributed by atoms with Crippen molar-refractivity contribution < 1.29 is 9.72 Å². The molecule has 1 aliphatic carbocycles. The summed E-state index contributed by atoms with van der Waals surface area (Å²) in [4.78, 5) is 26.1. The van der Waals surface area contributed by atoms with Crippen molar-refractivity contribution in [2.24, 2.45) is 0 Å². The van der Waals surface area contributed by atoms with E-state index in [-0.39, 0.29) is 17.6 Å². The fourth-order valence-corrected chi connectivity index (χ4v) is 5.72. The molecule has 0 radical (unpaired) electrons. The molecular formula is C22H23N3O3S2. The predicted octanol–water partition coefficient (Wildman–Crippen LogP) is 5.54. The van der Waals surface area contributed by atoms with Crippen molar-refractivity contribution in [3.8, 4) is 5.69 Å². The Bertz CT molecular complexity index is 1050. The molecule has 2 fully saturated rings. The number of thioether (sulfide) groups is 1. The van der Waals surface area contributed by atoms with Gasteiger partial charge in [-0.15, -0.1) is 0 Å². The summed E-state index contributed by atoms with van der Waals surface area (Å²) in [6.07, 6.45) is 7.50. The Labute approximate surface area is 185 Å². The van der Waals surface area contributed by atoms with Gasteiger partial charge in [-0.05, 0) is 56.5 Å². The highest BCUT2D eigenvalue weighted by molar-refractivity contribution is 8.26. The second kappa shape index (κ2) is 8.35. The SMILES string of the molecule is Cc1cc(/C=C2/SC(=S)N(C3CCCCC3)C2=O)c(C)n1-c1ccc([N+](=O)[O-])cc1. The fraction of sp³-hybridized carbons (Fsp3) is 0.364. The molecule has 1 aromatic heterocycles. The van der Waals surface area contributed by atoms with Crippen LogP contribution < -0.4 is 0 Å². The summed E-state index contributed by atoms with van der Waals surface area (Å²) in [5, 5.41) is 10.9. The van der Waals surface area contributed by atoms with Crippen LogP contribution in [0.2, 0.25) is 0 Å². The number of hydrogen-bond acceptors (Lipinski definition) is 5. The summed E-state index contributed by atoms with van der Waals surface area (Å²) < 4.78 is 2.69. The molecule has 0 atom stereocenters. The molecule has 156 valence electrons. The van der Waals surface area contributed by atoms with E-state index in [0.29, 0.717) is 9.23 Å². The third kappa shape index (κ3) is 3.81. The predicted molar refractivity (Wildman–Crippen MR) is 124 cm³/mol. The Morgan fingerprint density at radius 3 is 2.47 bits per heavy atom. The van der Waals surface area contributed by atoms with Crippen LogP contribution in [0, 0.1) is 24.0 Å². The lowest BCUT2D eigenvalue weighted by atomic mass is 9.94. The summed E-state index contributed by atoms with van der Waals surface area (Å²) in [5.41, 5.74) is 3.84. The van der Waals surface area contributed by atoms with E-state index in [9.17, 15) is 14.9 Å². The van der Waals surface area contributed by atoms with Crippen LogP contribution in [0.15, 0.2) is 35.2 Å². The number of aromatic nitrogens is 1. The Morgan fingerprint density at radius 2 is 1.83 bits per heavy atom. The molecule has 2 aromatic rings.